The molecule has 112 valence electrons. The average Bonchev–Trinajstić information content (AvgIpc) is 2.45. The maximum Gasteiger partial charge on any atom is 0.331 e. The monoisotopic (exact) mass is 352 g/mol. The third kappa shape index (κ3) is 3.26. The van der Waals surface area contributed by atoms with Gasteiger partial charge in [0.2, 0.25) is 5.88 Å². The minimum atomic E-state index is -0.585. The van der Waals surface area contributed by atoms with E-state index in [9.17, 15) is 14.7 Å². The number of hydrogen-bond donors (Lipinski definition) is 2. The normalized spacial score (nSPS) is 12.3. The van der Waals surface area contributed by atoms with E-state index in [1.165, 1.54) is 4.57 Å². The first-order valence-electron chi connectivity index (χ1n) is 6.76. The van der Waals surface area contributed by atoms with Crippen LogP contribution in [0.25, 0.3) is 11.1 Å². The maximum atomic E-state index is 12.0. The molecular formula is C15H17BrN2O3. The molecule has 21 heavy (non-hydrogen) atoms. The first kappa shape index (κ1) is 15.6. The number of H-pyrrole nitrogens is 1. The Balaban J connectivity index is 2.61. The van der Waals surface area contributed by atoms with Crippen LogP contribution in [0.5, 0.6) is 5.88 Å². The fraction of sp³-hybridized carbons (Fsp3) is 0.333. The van der Waals surface area contributed by atoms with Gasteiger partial charge in [-0.1, -0.05) is 48.3 Å². The van der Waals surface area contributed by atoms with E-state index in [2.05, 4.69) is 20.9 Å². The van der Waals surface area contributed by atoms with E-state index in [-0.39, 0.29) is 17.4 Å². The van der Waals surface area contributed by atoms with Gasteiger partial charge in [-0.25, -0.2) is 4.79 Å². The first-order chi connectivity index (χ1) is 9.93. The lowest BCUT2D eigenvalue weighted by atomic mass is 10.1. The van der Waals surface area contributed by atoms with Crippen LogP contribution >= 0.6 is 15.9 Å². The molecule has 1 aromatic carbocycles. The summed E-state index contributed by atoms with van der Waals surface area (Å²) in [5.74, 6) is -0.0661. The first-order valence-corrected chi connectivity index (χ1v) is 7.55. The Bertz CT molecular complexity index is 747. The number of aromatic nitrogens is 2. The van der Waals surface area contributed by atoms with Gasteiger partial charge in [0.25, 0.3) is 5.56 Å². The van der Waals surface area contributed by atoms with Gasteiger partial charge >= 0.3 is 5.69 Å². The summed E-state index contributed by atoms with van der Waals surface area (Å²) in [5, 5.41) is 10.3. The van der Waals surface area contributed by atoms with Crippen LogP contribution in [-0.4, -0.2) is 14.7 Å². The molecule has 2 N–H and O–H groups in total. The highest BCUT2D eigenvalue weighted by molar-refractivity contribution is 9.10. The van der Waals surface area contributed by atoms with Crippen molar-refractivity contribution in [3.8, 4) is 17.0 Å². The highest BCUT2D eigenvalue weighted by Gasteiger charge is 2.17. The van der Waals surface area contributed by atoms with Crippen molar-refractivity contribution in [3.05, 3.63) is 49.6 Å². The standard InChI is InChI=1S/C15H17BrN2O3/c1-3-9(2)8-18-14(20)12(13(19)17-15(18)21)10-4-6-11(16)7-5-10/h4-7,9,20H,3,8H2,1-2H3,(H,17,19,21). The van der Waals surface area contributed by atoms with E-state index >= 15 is 0 Å². The molecule has 1 heterocycles. The van der Waals surface area contributed by atoms with Crippen molar-refractivity contribution in [2.24, 2.45) is 5.92 Å². The minimum Gasteiger partial charge on any atom is -0.494 e. The van der Waals surface area contributed by atoms with Gasteiger partial charge in [-0.3, -0.25) is 14.3 Å². The number of aromatic hydroxyl groups is 1. The predicted octanol–water partition coefficient (Wildman–Crippen LogP) is 2.72. The Kier molecular flexibility index (Phi) is 4.67. The highest BCUT2D eigenvalue weighted by Crippen LogP contribution is 2.26. The van der Waals surface area contributed by atoms with Crippen LogP contribution in [0.1, 0.15) is 20.3 Å². The van der Waals surface area contributed by atoms with E-state index in [0.717, 1.165) is 10.9 Å². The second-order valence-corrected chi connectivity index (χ2v) is 6.00. The Hall–Kier alpha value is -1.82. The van der Waals surface area contributed by atoms with Crippen molar-refractivity contribution in [1.29, 1.82) is 0 Å². The third-order valence-corrected chi connectivity index (χ3v) is 4.02. The maximum absolute atomic E-state index is 12.0. The fourth-order valence-electron chi connectivity index (χ4n) is 2.05. The topological polar surface area (TPSA) is 75.1 Å². The molecule has 0 aliphatic carbocycles. The molecule has 6 heteroatoms. The molecule has 2 rings (SSSR count). The molecule has 0 saturated heterocycles. The highest BCUT2D eigenvalue weighted by atomic mass is 79.9. The molecular weight excluding hydrogens is 336 g/mol. The predicted molar refractivity (Wildman–Crippen MR) is 85.6 cm³/mol. The molecule has 0 fully saturated rings. The molecule has 0 aliphatic heterocycles. The average molecular weight is 353 g/mol. The van der Waals surface area contributed by atoms with Gasteiger partial charge in [-0.15, -0.1) is 0 Å². The zero-order valence-electron chi connectivity index (χ0n) is 11.9. The quantitative estimate of drug-likeness (QED) is 0.888. The van der Waals surface area contributed by atoms with Crippen molar-refractivity contribution in [1.82, 2.24) is 9.55 Å². The van der Waals surface area contributed by atoms with Crippen LogP contribution in [0.2, 0.25) is 0 Å². The second kappa shape index (κ2) is 6.30. The van der Waals surface area contributed by atoms with E-state index in [1.807, 2.05) is 13.8 Å². The van der Waals surface area contributed by atoms with Gasteiger partial charge in [0.1, 0.15) is 5.56 Å². The molecule has 1 aromatic heterocycles. The van der Waals surface area contributed by atoms with Gasteiger partial charge in [0.05, 0.1) is 0 Å². The van der Waals surface area contributed by atoms with E-state index in [1.54, 1.807) is 24.3 Å². The van der Waals surface area contributed by atoms with Crippen LogP contribution in [0.15, 0.2) is 38.3 Å². The molecule has 0 radical (unpaired) electrons. The lowest BCUT2D eigenvalue weighted by molar-refractivity contribution is 0.366. The molecule has 2 aromatic rings. The zero-order valence-corrected chi connectivity index (χ0v) is 13.5. The van der Waals surface area contributed by atoms with Crippen molar-refractivity contribution in [2.45, 2.75) is 26.8 Å². The molecule has 0 amide bonds. The van der Waals surface area contributed by atoms with E-state index in [4.69, 9.17) is 0 Å². The number of halogens is 1. The van der Waals surface area contributed by atoms with Crippen molar-refractivity contribution in [2.75, 3.05) is 0 Å². The van der Waals surface area contributed by atoms with E-state index in [0.29, 0.717) is 12.1 Å². The largest absolute Gasteiger partial charge is 0.494 e. The van der Waals surface area contributed by atoms with E-state index < -0.39 is 11.2 Å². The SMILES string of the molecule is CCC(C)Cn1c(O)c(-c2ccc(Br)cc2)c(=O)[nH]c1=O. The van der Waals surface area contributed by atoms with Gasteiger partial charge in [0, 0.05) is 11.0 Å². The number of hydrogen-bond acceptors (Lipinski definition) is 3. The molecule has 0 bridgehead atoms. The van der Waals surface area contributed by atoms with Gasteiger partial charge in [-0.05, 0) is 23.6 Å². The molecule has 1 unspecified atom stereocenters. The molecule has 1 atom stereocenters. The number of aromatic amines is 1. The molecule has 5 nitrogen and oxygen atoms in total. The summed E-state index contributed by atoms with van der Waals surface area (Å²) in [5.41, 5.74) is -0.487. The lowest BCUT2D eigenvalue weighted by Crippen LogP contribution is -2.32. The summed E-state index contributed by atoms with van der Waals surface area (Å²) in [7, 11) is 0. The van der Waals surface area contributed by atoms with Crippen LogP contribution in [0.4, 0.5) is 0 Å². The second-order valence-electron chi connectivity index (χ2n) is 5.09. The Morgan fingerprint density at radius 3 is 2.48 bits per heavy atom. The van der Waals surface area contributed by atoms with Crippen LogP contribution in [0.3, 0.4) is 0 Å². The summed E-state index contributed by atoms with van der Waals surface area (Å²) < 4.78 is 2.09. The fourth-order valence-corrected chi connectivity index (χ4v) is 2.31. The lowest BCUT2D eigenvalue weighted by Gasteiger charge is -2.14. The van der Waals surface area contributed by atoms with Gasteiger partial charge in [0.15, 0.2) is 0 Å². The van der Waals surface area contributed by atoms with Crippen LogP contribution < -0.4 is 11.2 Å². The van der Waals surface area contributed by atoms with Gasteiger partial charge in [-0.2, -0.15) is 0 Å². The number of nitrogens with zero attached hydrogens (tertiary/aromatic N) is 1. The Morgan fingerprint density at radius 1 is 1.29 bits per heavy atom. The summed E-state index contributed by atoms with van der Waals surface area (Å²) in [4.78, 5) is 26.2. The van der Waals surface area contributed by atoms with Crippen LogP contribution in [-0.2, 0) is 6.54 Å². The van der Waals surface area contributed by atoms with Crippen LogP contribution in [0, 0.1) is 5.92 Å². The minimum absolute atomic E-state index is 0.116. The van der Waals surface area contributed by atoms with Crippen molar-refractivity contribution in [3.63, 3.8) is 0 Å². The Labute approximate surface area is 130 Å². The zero-order chi connectivity index (χ0) is 15.6. The third-order valence-electron chi connectivity index (χ3n) is 3.50. The number of nitrogens with one attached hydrogen (secondary N) is 1. The van der Waals surface area contributed by atoms with Crippen molar-refractivity contribution < 1.29 is 5.11 Å². The molecule has 0 saturated carbocycles. The molecule has 0 spiro atoms. The van der Waals surface area contributed by atoms with Gasteiger partial charge < -0.3 is 5.11 Å². The summed E-state index contributed by atoms with van der Waals surface area (Å²) >= 11 is 3.32. The number of rotatable bonds is 4. The Morgan fingerprint density at radius 2 is 1.90 bits per heavy atom. The molecule has 0 aliphatic rings. The number of benzene rings is 1. The van der Waals surface area contributed by atoms with Crippen molar-refractivity contribution >= 4 is 15.9 Å². The summed E-state index contributed by atoms with van der Waals surface area (Å²) in [6, 6.07) is 6.98. The smallest absolute Gasteiger partial charge is 0.331 e. The summed E-state index contributed by atoms with van der Waals surface area (Å²) in [6.45, 7) is 4.35. The summed E-state index contributed by atoms with van der Waals surface area (Å²) in [6.07, 6.45) is 0.874.